The van der Waals surface area contributed by atoms with Crippen LogP contribution < -0.4 is 0 Å². The number of hydrogen-bond donors (Lipinski definition) is 0. The van der Waals surface area contributed by atoms with Crippen molar-refractivity contribution in [3.05, 3.63) is 74.3 Å². The van der Waals surface area contributed by atoms with Gasteiger partial charge in [0.15, 0.2) is 0 Å². The van der Waals surface area contributed by atoms with Gasteiger partial charge in [-0.2, -0.15) is 0 Å². The quantitative estimate of drug-likeness (QED) is 0.445. The number of halogens is 2. The fraction of sp³-hybridized carbons (Fsp3) is 0.154. The van der Waals surface area contributed by atoms with Crippen LogP contribution in [0, 0.1) is 0 Å². The van der Waals surface area contributed by atoms with Crippen LogP contribution in [0.25, 0.3) is 10.4 Å². The van der Waals surface area contributed by atoms with Crippen LogP contribution in [-0.2, 0) is 6.42 Å². The highest BCUT2D eigenvalue weighted by Gasteiger charge is 2.15. The zero-order valence-corrected chi connectivity index (χ0v) is 11.4. The van der Waals surface area contributed by atoms with Gasteiger partial charge in [-0.15, -0.1) is 0 Å². The molecule has 0 radical (unpaired) electrons. The molecule has 0 aliphatic carbocycles. The van der Waals surface area contributed by atoms with Gasteiger partial charge in [-0.1, -0.05) is 40.4 Å². The summed E-state index contributed by atoms with van der Waals surface area (Å²) in [5, 5.41) is 4.69. The number of rotatable bonds is 4. The van der Waals surface area contributed by atoms with E-state index in [1.165, 1.54) is 0 Å². The standard InChI is InChI=1S/C13H10Cl2N4/c14-11-3-1-2-10(13(11)15)12(18-19-16)8-9-4-6-17-7-5-9/h1-7,12H,8H2. The molecule has 0 saturated carbocycles. The highest BCUT2D eigenvalue weighted by molar-refractivity contribution is 6.42. The average Bonchev–Trinajstić information content (AvgIpc) is 2.43. The lowest BCUT2D eigenvalue weighted by Crippen LogP contribution is -2.00. The van der Waals surface area contributed by atoms with E-state index in [-0.39, 0.29) is 0 Å². The minimum absolute atomic E-state index is 0.390. The summed E-state index contributed by atoms with van der Waals surface area (Å²) in [6, 6.07) is 8.66. The van der Waals surface area contributed by atoms with Crippen molar-refractivity contribution in [2.45, 2.75) is 12.5 Å². The molecular formula is C13H10Cl2N4. The van der Waals surface area contributed by atoms with Crippen LogP contribution in [-0.4, -0.2) is 4.98 Å². The second-order valence-corrected chi connectivity index (χ2v) is 4.71. The molecule has 0 amide bonds. The van der Waals surface area contributed by atoms with Crippen molar-refractivity contribution in [2.75, 3.05) is 0 Å². The molecule has 0 spiro atoms. The van der Waals surface area contributed by atoms with Crippen molar-refractivity contribution in [1.82, 2.24) is 4.98 Å². The van der Waals surface area contributed by atoms with Gasteiger partial charge in [0.2, 0.25) is 0 Å². The molecule has 0 saturated heterocycles. The van der Waals surface area contributed by atoms with Crippen LogP contribution in [0.15, 0.2) is 47.8 Å². The molecule has 4 nitrogen and oxygen atoms in total. The second kappa shape index (κ2) is 6.43. The molecule has 1 aromatic carbocycles. The first-order chi connectivity index (χ1) is 9.22. The number of aromatic nitrogens is 1. The Labute approximate surface area is 120 Å². The summed E-state index contributed by atoms with van der Waals surface area (Å²) >= 11 is 12.1. The van der Waals surface area contributed by atoms with Gasteiger partial charge in [-0.05, 0) is 41.3 Å². The average molecular weight is 293 g/mol. The van der Waals surface area contributed by atoms with Gasteiger partial charge in [-0.3, -0.25) is 4.98 Å². The van der Waals surface area contributed by atoms with Crippen molar-refractivity contribution in [2.24, 2.45) is 5.11 Å². The molecule has 6 heteroatoms. The number of hydrogen-bond acceptors (Lipinski definition) is 2. The van der Waals surface area contributed by atoms with E-state index < -0.39 is 6.04 Å². The SMILES string of the molecule is [N-]=[N+]=NC(Cc1ccncc1)c1cccc(Cl)c1Cl. The predicted molar refractivity (Wildman–Crippen MR) is 76.3 cm³/mol. The molecule has 1 aromatic heterocycles. The minimum atomic E-state index is -0.390. The zero-order valence-electron chi connectivity index (χ0n) is 9.87. The van der Waals surface area contributed by atoms with E-state index in [0.29, 0.717) is 16.5 Å². The van der Waals surface area contributed by atoms with Crippen LogP contribution in [0.4, 0.5) is 0 Å². The Balaban J connectivity index is 2.35. The molecular weight excluding hydrogens is 283 g/mol. The fourth-order valence-electron chi connectivity index (χ4n) is 1.80. The topological polar surface area (TPSA) is 61.7 Å². The van der Waals surface area contributed by atoms with Gasteiger partial charge in [0, 0.05) is 17.3 Å². The fourth-order valence-corrected chi connectivity index (χ4v) is 2.23. The van der Waals surface area contributed by atoms with Gasteiger partial charge in [-0.25, -0.2) is 0 Å². The summed E-state index contributed by atoms with van der Waals surface area (Å²) in [6.45, 7) is 0. The van der Waals surface area contributed by atoms with Crippen molar-refractivity contribution in [3.8, 4) is 0 Å². The molecule has 0 N–H and O–H groups in total. The second-order valence-electron chi connectivity index (χ2n) is 3.92. The highest BCUT2D eigenvalue weighted by atomic mass is 35.5. The van der Waals surface area contributed by atoms with Crippen molar-refractivity contribution >= 4 is 23.2 Å². The first-order valence-electron chi connectivity index (χ1n) is 5.59. The van der Waals surface area contributed by atoms with Gasteiger partial charge >= 0.3 is 0 Å². The summed E-state index contributed by atoms with van der Waals surface area (Å²) in [6.07, 6.45) is 3.94. The Morgan fingerprint density at radius 3 is 2.63 bits per heavy atom. The monoisotopic (exact) mass is 292 g/mol. The van der Waals surface area contributed by atoms with Crippen LogP contribution in [0.2, 0.25) is 10.0 Å². The Hall–Kier alpha value is -1.74. The third-order valence-electron chi connectivity index (χ3n) is 2.71. The molecule has 0 aliphatic rings. The molecule has 0 bridgehead atoms. The molecule has 96 valence electrons. The van der Waals surface area contributed by atoms with Gasteiger partial charge < -0.3 is 0 Å². The van der Waals surface area contributed by atoms with Crippen LogP contribution in [0.1, 0.15) is 17.2 Å². The lowest BCUT2D eigenvalue weighted by molar-refractivity contribution is 0.715. The molecule has 19 heavy (non-hydrogen) atoms. The molecule has 2 rings (SSSR count). The molecule has 1 atom stereocenters. The molecule has 1 heterocycles. The number of benzene rings is 1. The van der Waals surface area contributed by atoms with Gasteiger partial charge in [0.1, 0.15) is 0 Å². The first kappa shape index (κ1) is 13.7. The van der Waals surface area contributed by atoms with Crippen LogP contribution >= 0.6 is 23.2 Å². The number of pyridine rings is 1. The minimum Gasteiger partial charge on any atom is -0.265 e. The van der Waals surface area contributed by atoms with Crippen molar-refractivity contribution in [1.29, 1.82) is 0 Å². The van der Waals surface area contributed by atoms with Gasteiger partial charge in [0.05, 0.1) is 16.1 Å². The molecule has 2 aromatic rings. The van der Waals surface area contributed by atoms with E-state index >= 15 is 0 Å². The third kappa shape index (κ3) is 3.38. The number of nitrogens with zero attached hydrogens (tertiary/aromatic N) is 4. The lowest BCUT2D eigenvalue weighted by Gasteiger charge is -2.14. The van der Waals surface area contributed by atoms with E-state index in [2.05, 4.69) is 15.0 Å². The lowest BCUT2D eigenvalue weighted by atomic mass is 10.0. The van der Waals surface area contributed by atoms with E-state index in [1.54, 1.807) is 24.5 Å². The smallest absolute Gasteiger partial charge is 0.0680 e. The Morgan fingerprint density at radius 1 is 1.21 bits per heavy atom. The summed E-state index contributed by atoms with van der Waals surface area (Å²) in [4.78, 5) is 6.84. The van der Waals surface area contributed by atoms with E-state index in [9.17, 15) is 0 Å². The summed E-state index contributed by atoms with van der Waals surface area (Å²) < 4.78 is 0. The zero-order chi connectivity index (χ0) is 13.7. The first-order valence-corrected chi connectivity index (χ1v) is 6.35. The van der Waals surface area contributed by atoms with Crippen molar-refractivity contribution < 1.29 is 0 Å². The highest BCUT2D eigenvalue weighted by Crippen LogP contribution is 2.33. The Kier molecular flexibility index (Phi) is 4.63. The molecule has 0 fully saturated rings. The third-order valence-corrected chi connectivity index (χ3v) is 3.54. The molecule has 0 aliphatic heterocycles. The maximum absolute atomic E-state index is 8.71. The van der Waals surface area contributed by atoms with Crippen LogP contribution in [0.3, 0.4) is 0 Å². The molecule has 1 unspecified atom stereocenters. The maximum Gasteiger partial charge on any atom is 0.0680 e. The normalized spacial score (nSPS) is 11.7. The predicted octanol–water partition coefficient (Wildman–Crippen LogP) is 4.98. The van der Waals surface area contributed by atoms with Crippen molar-refractivity contribution in [3.63, 3.8) is 0 Å². The Morgan fingerprint density at radius 2 is 1.95 bits per heavy atom. The largest absolute Gasteiger partial charge is 0.265 e. The summed E-state index contributed by atoms with van der Waals surface area (Å²) in [5.74, 6) is 0. The van der Waals surface area contributed by atoms with E-state index in [1.807, 2.05) is 18.2 Å². The number of azide groups is 1. The summed E-state index contributed by atoms with van der Waals surface area (Å²) in [5.41, 5.74) is 10.4. The van der Waals surface area contributed by atoms with Crippen LogP contribution in [0.5, 0.6) is 0 Å². The maximum atomic E-state index is 8.71. The van der Waals surface area contributed by atoms with Gasteiger partial charge in [0.25, 0.3) is 0 Å². The summed E-state index contributed by atoms with van der Waals surface area (Å²) in [7, 11) is 0. The Bertz CT molecular complexity index is 609. The van der Waals surface area contributed by atoms with E-state index in [4.69, 9.17) is 28.7 Å². The van der Waals surface area contributed by atoms with E-state index in [0.717, 1.165) is 11.1 Å².